The van der Waals surface area contributed by atoms with Crippen molar-refractivity contribution in [3.8, 4) is 0 Å². The standard InChI is InChI=1S/C17H21FN2/c1-12-4-3-5-14(10-12)7-9-17(20-19)16-11-15(18)8-6-13(16)2/h3-6,8,10-11,17,20H,7,9,19H2,1-2H3. The Morgan fingerprint density at radius 1 is 1.15 bits per heavy atom. The monoisotopic (exact) mass is 272 g/mol. The minimum atomic E-state index is -0.221. The zero-order valence-corrected chi connectivity index (χ0v) is 12.0. The van der Waals surface area contributed by atoms with E-state index in [2.05, 4.69) is 36.6 Å². The largest absolute Gasteiger partial charge is 0.271 e. The normalized spacial score (nSPS) is 12.4. The van der Waals surface area contributed by atoms with Crippen molar-refractivity contribution in [1.29, 1.82) is 0 Å². The van der Waals surface area contributed by atoms with Crippen molar-refractivity contribution >= 4 is 0 Å². The number of aryl methyl sites for hydroxylation is 3. The Morgan fingerprint density at radius 3 is 2.65 bits per heavy atom. The second kappa shape index (κ2) is 6.64. The quantitative estimate of drug-likeness (QED) is 0.645. The third-order valence-electron chi connectivity index (χ3n) is 3.62. The number of nitrogens with one attached hydrogen (secondary N) is 1. The lowest BCUT2D eigenvalue weighted by atomic mass is 9.95. The molecule has 0 aliphatic rings. The van der Waals surface area contributed by atoms with Crippen LogP contribution in [0, 0.1) is 19.7 Å². The van der Waals surface area contributed by atoms with Crippen molar-refractivity contribution < 1.29 is 4.39 Å². The molecule has 0 radical (unpaired) electrons. The van der Waals surface area contributed by atoms with E-state index in [9.17, 15) is 4.39 Å². The van der Waals surface area contributed by atoms with Crippen molar-refractivity contribution in [2.24, 2.45) is 5.84 Å². The maximum absolute atomic E-state index is 13.4. The van der Waals surface area contributed by atoms with Gasteiger partial charge in [-0.05, 0) is 55.5 Å². The molecule has 0 spiro atoms. The molecule has 0 saturated carbocycles. The summed E-state index contributed by atoms with van der Waals surface area (Å²) in [6.45, 7) is 4.06. The Bertz CT molecular complexity index is 581. The lowest BCUT2D eigenvalue weighted by Gasteiger charge is -2.18. The maximum Gasteiger partial charge on any atom is 0.123 e. The van der Waals surface area contributed by atoms with Gasteiger partial charge >= 0.3 is 0 Å². The molecule has 0 fully saturated rings. The molecule has 2 rings (SSSR count). The summed E-state index contributed by atoms with van der Waals surface area (Å²) in [5.41, 5.74) is 7.32. The van der Waals surface area contributed by atoms with Gasteiger partial charge in [-0.3, -0.25) is 11.3 Å². The van der Waals surface area contributed by atoms with E-state index in [4.69, 9.17) is 5.84 Å². The number of hydrogen-bond donors (Lipinski definition) is 2. The molecule has 0 saturated heterocycles. The molecule has 1 atom stereocenters. The minimum Gasteiger partial charge on any atom is -0.271 e. The second-order valence-corrected chi connectivity index (χ2v) is 5.25. The fourth-order valence-electron chi connectivity index (χ4n) is 2.49. The van der Waals surface area contributed by atoms with E-state index in [-0.39, 0.29) is 11.9 Å². The van der Waals surface area contributed by atoms with E-state index in [1.807, 2.05) is 6.92 Å². The summed E-state index contributed by atoms with van der Waals surface area (Å²) in [5.74, 6) is 5.42. The van der Waals surface area contributed by atoms with Crippen LogP contribution in [0.4, 0.5) is 4.39 Å². The van der Waals surface area contributed by atoms with Crippen LogP contribution in [0.15, 0.2) is 42.5 Å². The van der Waals surface area contributed by atoms with Crippen LogP contribution in [0.1, 0.15) is 34.7 Å². The van der Waals surface area contributed by atoms with Crippen LogP contribution in [0.25, 0.3) is 0 Å². The summed E-state index contributed by atoms with van der Waals surface area (Å²) in [6, 6.07) is 13.2. The van der Waals surface area contributed by atoms with Gasteiger partial charge in [-0.15, -0.1) is 0 Å². The van der Waals surface area contributed by atoms with Gasteiger partial charge in [0, 0.05) is 6.04 Å². The number of benzene rings is 2. The molecule has 3 N–H and O–H groups in total. The van der Waals surface area contributed by atoms with E-state index in [1.54, 1.807) is 12.1 Å². The molecule has 0 aliphatic heterocycles. The number of halogens is 1. The first kappa shape index (κ1) is 14.7. The molecule has 0 heterocycles. The van der Waals surface area contributed by atoms with E-state index >= 15 is 0 Å². The highest BCUT2D eigenvalue weighted by Crippen LogP contribution is 2.23. The first-order chi connectivity index (χ1) is 9.60. The predicted molar refractivity (Wildman–Crippen MR) is 80.7 cm³/mol. The highest BCUT2D eigenvalue weighted by molar-refractivity contribution is 5.30. The van der Waals surface area contributed by atoms with Crippen LogP contribution in [0.5, 0.6) is 0 Å². The van der Waals surface area contributed by atoms with Gasteiger partial charge in [0.1, 0.15) is 5.82 Å². The van der Waals surface area contributed by atoms with Gasteiger partial charge in [0.25, 0.3) is 0 Å². The SMILES string of the molecule is Cc1cccc(CCC(NN)c2cc(F)ccc2C)c1. The van der Waals surface area contributed by atoms with Crippen molar-refractivity contribution in [2.45, 2.75) is 32.7 Å². The van der Waals surface area contributed by atoms with E-state index < -0.39 is 0 Å². The van der Waals surface area contributed by atoms with Gasteiger partial charge in [-0.25, -0.2) is 4.39 Å². The molecule has 0 aromatic heterocycles. The molecule has 2 nitrogen and oxygen atoms in total. The van der Waals surface area contributed by atoms with E-state index in [0.29, 0.717) is 0 Å². The van der Waals surface area contributed by atoms with Crippen molar-refractivity contribution in [1.82, 2.24) is 5.43 Å². The Hall–Kier alpha value is -1.71. The zero-order valence-electron chi connectivity index (χ0n) is 12.0. The molecule has 20 heavy (non-hydrogen) atoms. The molecule has 2 aromatic rings. The van der Waals surface area contributed by atoms with Crippen molar-refractivity contribution in [3.63, 3.8) is 0 Å². The van der Waals surface area contributed by atoms with Crippen LogP contribution in [-0.2, 0) is 6.42 Å². The highest BCUT2D eigenvalue weighted by Gasteiger charge is 2.13. The Kier molecular flexibility index (Phi) is 4.88. The topological polar surface area (TPSA) is 38.0 Å². The van der Waals surface area contributed by atoms with Crippen LogP contribution in [0.2, 0.25) is 0 Å². The Labute approximate surface area is 119 Å². The summed E-state index contributed by atoms with van der Waals surface area (Å²) in [5, 5.41) is 0. The second-order valence-electron chi connectivity index (χ2n) is 5.25. The fraction of sp³-hybridized carbons (Fsp3) is 0.294. The molecule has 2 aromatic carbocycles. The van der Waals surface area contributed by atoms with E-state index in [0.717, 1.165) is 24.0 Å². The van der Waals surface area contributed by atoms with Gasteiger partial charge in [-0.1, -0.05) is 35.9 Å². The summed E-state index contributed by atoms with van der Waals surface area (Å²) >= 11 is 0. The van der Waals surface area contributed by atoms with Gasteiger partial charge < -0.3 is 0 Å². The first-order valence-corrected chi connectivity index (χ1v) is 6.88. The number of hydrazine groups is 1. The molecule has 1 unspecified atom stereocenters. The van der Waals surface area contributed by atoms with Gasteiger partial charge in [0.2, 0.25) is 0 Å². The smallest absolute Gasteiger partial charge is 0.123 e. The van der Waals surface area contributed by atoms with Crippen LogP contribution in [-0.4, -0.2) is 0 Å². The molecule has 3 heteroatoms. The molecule has 0 aliphatic carbocycles. The third kappa shape index (κ3) is 3.65. The number of rotatable bonds is 5. The summed E-state index contributed by atoms with van der Waals surface area (Å²) < 4.78 is 13.4. The van der Waals surface area contributed by atoms with Crippen molar-refractivity contribution in [2.75, 3.05) is 0 Å². The number of hydrogen-bond acceptors (Lipinski definition) is 2. The first-order valence-electron chi connectivity index (χ1n) is 6.88. The minimum absolute atomic E-state index is 0.0359. The molecule has 0 bridgehead atoms. The Balaban J connectivity index is 2.11. The predicted octanol–water partition coefficient (Wildman–Crippen LogP) is 3.58. The van der Waals surface area contributed by atoms with Gasteiger partial charge in [0.05, 0.1) is 0 Å². The fourth-order valence-corrected chi connectivity index (χ4v) is 2.49. The number of nitrogens with two attached hydrogens (primary N) is 1. The molecule has 106 valence electrons. The highest BCUT2D eigenvalue weighted by atomic mass is 19.1. The van der Waals surface area contributed by atoms with Crippen LogP contribution in [0.3, 0.4) is 0 Å². The van der Waals surface area contributed by atoms with Crippen LogP contribution >= 0.6 is 0 Å². The average molecular weight is 272 g/mol. The lowest BCUT2D eigenvalue weighted by molar-refractivity contribution is 0.509. The third-order valence-corrected chi connectivity index (χ3v) is 3.62. The maximum atomic E-state index is 13.4. The van der Waals surface area contributed by atoms with E-state index in [1.165, 1.54) is 17.2 Å². The Morgan fingerprint density at radius 2 is 1.95 bits per heavy atom. The zero-order chi connectivity index (χ0) is 14.5. The van der Waals surface area contributed by atoms with Gasteiger partial charge in [-0.2, -0.15) is 0 Å². The molecular formula is C17H21FN2. The van der Waals surface area contributed by atoms with Crippen molar-refractivity contribution in [3.05, 3.63) is 70.5 Å². The van der Waals surface area contributed by atoms with Gasteiger partial charge in [0.15, 0.2) is 0 Å². The average Bonchev–Trinajstić information content (AvgIpc) is 2.43. The summed E-state index contributed by atoms with van der Waals surface area (Å²) in [6.07, 6.45) is 1.75. The molecule has 0 amide bonds. The van der Waals surface area contributed by atoms with Crippen LogP contribution < -0.4 is 11.3 Å². The summed E-state index contributed by atoms with van der Waals surface area (Å²) in [4.78, 5) is 0. The lowest BCUT2D eigenvalue weighted by Crippen LogP contribution is -2.29. The summed E-state index contributed by atoms with van der Waals surface area (Å²) in [7, 11) is 0. The molecular weight excluding hydrogens is 251 g/mol.